The quantitative estimate of drug-likeness (QED) is 0.463. The third kappa shape index (κ3) is 1.73. The van der Waals surface area contributed by atoms with Crippen molar-refractivity contribution < 1.29 is 4.79 Å². The average Bonchev–Trinajstić information content (AvgIpc) is 2.58. The first kappa shape index (κ1) is 8.99. The molecule has 0 aliphatic heterocycles. The largest absolute Gasteiger partial charge is 0.293 e. The summed E-state index contributed by atoms with van der Waals surface area (Å²) in [6.45, 7) is 1.80. The molecule has 0 unspecified atom stereocenters. The van der Waals surface area contributed by atoms with Crippen LogP contribution in [-0.4, -0.2) is 5.78 Å². The van der Waals surface area contributed by atoms with Crippen LogP contribution in [0, 0.1) is 11.3 Å². The molecule has 1 rings (SSSR count). The minimum Gasteiger partial charge on any atom is -0.293 e. The van der Waals surface area contributed by atoms with Crippen molar-refractivity contribution in [3.05, 3.63) is 11.1 Å². The number of carbonyl (C=O) groups is 1. The first-order valence-electron chi connectivity index (χ1n) is 4.45. The Bertz CT molecular complexity index is 250. The number of rotatable bonds is 2. The predicted molar refractivity (Wildman–Crippen MR) is 46.4 cm³/mol. The molecule has 1 saturated carbocycles. The Hall–Kier alpha value is -1.10. The summed E-state index contributed by atoms with van der Waals surface area (Å²) in [6.07, 6.45) is 4.63. The van der Waals surface area contributed by atoms with Crippen LogP contribution < -0.4 is 0 Å². The molecule has 1 aliphatic rings. The van der Waals surface area contributed by atoms with Crippen molar-refractivity contribution in [3.63, 3.8) is 0 Å². The molecule has 1 aliphatic carbocycles. The molecule has 1 fully saturated rings. The van der Waals surface area contributed by atoms with Crippen molar-refractivity contribution in [2.75, 3.05) is 0 Å². The van der Waals surface area contributed by atoms with E-state index in [9.17, 15) is 4.79 Å². The van der Waals surface area contributed by atoms with Crippen LogP contribution in [0.5, 0.6) is 0 Å². The second-order valence-electron chi connectivity index (χ2n) is 3.07. The van der Waals surface area contributed by atoms with E-state index in [0.717, 1.165) is 31.3 Å². The summed E-state index contributed by atoms with van der Waals surface area (Å²) < 4.78 is 0. The fourth-order valence-electron chi connectivity index (χ4n) is 1.57. The smallest absolute Gasteiger partial charge is 0.173 e. The molecule has 0 spiro atoms. The molecule has 2 nitrogen and oxygen atoms in total. The third-order valence-electron chi connectivity index (χ3n) is 2.27. The lowest BCUT2D eigenvalue weighted by Crippen LogP contribution is -2.01. The number of Topliss-reactive ketones (excluding diaryl/α,β-unsaturated/α-hetero) is 1. The summed E-state index contributed by atoms with van der Waals surface area (Å²) in [7, 11) is 0. The van der Waals surface area contributed by atoms with Crippen molar-refractivity contribution in [2.24, 2.45) is 0 Å². The standard InChI is InChI=1S/C10H13NO/c1-2-10(12)9(7-11)8-5-3-4-6-8/h2-6H2,1H3. The average molecular weight is 163 g/mol. The zero-order chi connectivity index (χ0) is 8.97. The molecule has 64 valence electrons. The number of carbonyl (C=O) groups excluding carboxylic acids is 1. The lowest BCUT2D eigenvalue weighted by molar-refractivity contribution is -0.114. The lowest BCUT2D eigenvalue weighted by atomic mass is 10.0. The van der Waals surface area contributed by atoms with E-state index in [4.69, 9.17) is 5.26 Å². The molecule has 0 saturated heterocycles. The van der Waals surface area contributed by atoms with E-state index in [1.54, 1.807) is 6.92 Å². The van der Waals surface area contributed by atoms with E-state index in [1.807, 2.05) is 6.07 Å². The summed E-state index contributed by atoms with van der Waals surface area (Å²) in [5.74, 6) is 0.00870. The maximum atomic E-state index is 11.2. The van der Waals surface area contributed by atoms with Gasteiger partial charge in [-0.2, -0.15) is 5.26 Å². The highest BCUT2D eigenvalue weighted by Gasteiger charge is 2.16. The van der Waals surface area contributed by atoms with Gasteiger partial charge in [0.15, 0.2) is 5.78 Å². The predicted octanol–water partition coefficient (Wildman–Crippen LogP) is 2.36. The molecule has 0 atom stereocenters. The molecule has 0 radical (unpaired) electrons. The molecule has 0 N–H and O–H groups in total. The topological polar surface area (TPSA) is 40.9 Å². The maximum Gasteiger partial charge on any atom is 0.173 e. The van der Waals surface area contributed by atoms with Crippen LogP contribution in [0.15, 0.2) is 11.1 Å². The van der Waals surface area contributed by atoms with Gasteiger partial charge in [0, 0.05) is 6.42 Å². The number of hydrogen-bond acceptors (Lipinski definition) is 2. The molecule has 0 bridgehead atoms. The molecule has 2 heteroatoms. The minimum absolute atomic E-state index is 0.00870. The number of nitriles is 1. The minimum atomic E-state index is 0.00870. The molecule has 0 aromatic carbocycles. The Balaban J connectivity index is 2.86. The summed E-state index contributed by atoms with van der Waals surface area (Å²) in [5, 5.41) is 8.76. The van der Waals surface area contributed by atoms with Crippen LogP contribution in [0.4, 0.5) is 0 Å². The summed E-state index contributed by atoms with van der Waals surface area (Å²) in [5.41, 5.74) is 1.53. The Morgan fingerprint density at radius 2 is 2.08 bits per heavy atom. The monoisotopic (exact) mass is 163 g/mol. The van der Waals surface area contributed by atoms with Gasteiger partial charge >= 0.3 is 0 Å². The SMILES string of the molecule is CCC(=O)C(C#N)=C1CCCC1. The molecular formula is C10H13NO. The van der Waals surface area contributed by atoms with E-state index in [-0.39, 0.29) is 5.78 Å². The molecule has 12 heavy (non-hydrogen) atoms. The van der Waals surface area contributed by atoms with Gasteiger partial charge in [0.2, 0.25) is 0 Å². The van der Waals surface area contributed by atoms with Crippen LogP contribution in [0.1, 0.15) is 39.0 Å². The Labute approximate surface area is 72.9 Å². The first-order chi connectivity index (χ1) is 5.79. The normalized spacial score (nSPS) is 15.8. The van der Waals surface area contributed by atoms with Crippen molar-refractivity contribution in [1.82, 2.24) is 0 Å². The van der Waals surface area contributed by atoms with Gasteiger partial charge in [0.1, 0.15) is 6.07 Å². The first-order valence-corrected chi connectivity index (χ1v) is 4.45. The van der Waals surface area contributed by atoms with Crippen molar-refractivity contribution >= 4 is 5.78 Å². The molecular weight excluding hydrogens is 150 g/mol. The lowest BCUT2D eigenvalue weighted by Gasteiger charge is -1.99. The fourth-order valence-corrected chi connectivity index (χ4v) is 1.57. The van der Waals surface area contributed by atoms with Gasteiger partial charge in [-0.1, -0.05) is 6.92 Å². The van der Waals surface area contributed by atoms with E-state index in [1.165, 1.54) is 0 Å². The van der Waals surface area contributed by atoms with Crippen LogP contribution >= 0.6 is 0 Å². The highest BCUT2D eigenvalue weighted by Crippen LogP contribution is 2.27. The number of hydrogen-bond donors (Lipinski definition) is 0. The molecule has 0 amide bonds. The van der Waals surface area contributed by atoms with Gasteiger partial charge in [0.25, 0.3) is 0 Å². The summed E-state index contributed by atoms with van der Waals surface area (Å²) >= 11 is 0. The third-order valence-corrected chi connectivity index (χ3v) is 2.27. The second-order valence-corrected chi connectivity index (χ2v) is 3.07. The number of ketones is 1. The number of allylic oxidation sites excluding steroid dienone is 2. The second kappa shape index (κ2) is 4.06. The fraction of sp³-hybridized carbons (Fsp3) is 0.600. The van der Waals surface area contributed by atoms with Crippen LogP contribution in [0.25, 0.3) is 0 Å². The van der Waals surface area contributed by atoms with Gasteiger partial charge in [-0.25, -0.2) is 0 Å². The maximum absolute atomic E-state index is 11.2. The van der Waals surface area contributed by atoms with Crippen LogP contribution in [0.3, 0.4) is 0 Å². The molecule has 0 aromatic heterocycles. The Kier molecular flexibility index (Phi) is 3.04. The highest BCUT2D eigenvalue weighted by atomic mass is 16.1. The highest BCUT2D eigenvalue weighted by molar-refractivity contribution is 5.99. The van der Waals surface area contributed by atoms with Crippen LogP contribution in [-0.2, 0) is 4.79 Å². The van der Waals surface area contributed by atoms with E-state index < -0.39 is 0 Å². The number of nitrogens with zero attached hydrogens (tertiary/aromatic N) is 1. The van der Waals surface area contributed by atoms with E-state index in [2.05, 4.69) is 0 Å². The molecule has 0 aromatic rings. The van der Waals surface area contributed by atoms with E-state index in [0.29, 0.717) is 12.0 Å². The van der Waals surface area contributed by atoms with Crippen molar-refractivity contribution in [1.29, 1.82) is 5.26 Å². The summed E-state index contributed by atoms with van der Waals surface area (Å²) in [4.78, 5) is 11.2. The van der Waals surface area contributed by atoms with E-state index >= 15 is 0 Å². The van der Waals surface area contributed by atoms with Crippen molar-refractivity contribution in [3.8, 4) is 6.07 Å². The summed E-state index contributed by atoms with van der Waals surface area (Å²) in [6, 6.07) is 2.02. The van der Waals surface area contributed by atoms with Gasteiger partial charge in [-0.15, -0.1) is 0 Å². The van der Waals surface area contributed by atoms with Crippen molar-refractivity contribution in [2.45, 2.75) is 39.0 Å². The van der Waals surface area contributed by atoms with Crippen LogP contribution in [0.2, 0.25) is 0 Å². The van der Waals surface area contributed by atoms with Gasteiger partial charge in [-0.3, -0.25) is 4.79 Å². The zero-order valence-electron chi connectivity index (χ0n) is 7.39. The Morgan fingerprint density at radius 3 is 2.50 bits per heavy atom. The van der Waals surface area contributed by atoms with Gasteiger partial charge in [-0.05, 0) is 31.3 Å². The zero-order valence-corrected chi connectivity index (χ0v) is 7.39. The Morgan fingerprint density at radius 1 is 1.50 bits per heavy atom. The van der Waals surface area contributed by atoms with Gasteiger partial charge in [0.05, 0.1) is 5.57 Å². The molecule has 0 heterocycles. The van der Waals surface area contributed by atoms with Gasteiger partial charge < -0.3 is 0 Å².